The summed E-state index contributed by atoms with van der Waals surface area (Å²) in [6.45, 7) is 10.9. The molecule has 0 heterocycles. The molecule has 0 saturated heterocycles. The van der Waals surface area contributed by atoms with Crippen molar-refractivity contribution in [1.82, 2.24) is 0 Å². The zero-order valence-corrected chi connectivity index (χ0v) is 34.8. The summed E-state index contributed by atoms with van der Waals surface area (Å²) in [5.41, 5.74) is 7.22. The van der Waals surface area contributed by atoms with Crippen LogP contribution >= 0.6 is 0 Å². The summed E-state index contributed by atoms with van der Waals surface area (Å²) in [6, 6.07) is 0. The van der Waals surface area contributed by atoms with Crippen LogP contribution in [-0.4, -0.2) is 80.5 Å². The lowest BCUT2D eigenvalue weighted by atomic mass is 9.66. The highest BCUT2D eigenvalue weighted by Gasteiger charge is 2.49. The first kappa shape index (κ1) is 47.1. The molecule has 0 bridgehead atoms. The Hall–Kier alpha value is -3.26. The Bertz CT molecular complexity index is 1370. The number of carbonyl (C=O) groups excluding carboxylic acids is 4. The Morgan fingerprint density at radius 1 is 0.500 bits per heavy atom. The van der Waals surface area contributed by atoms with Gasteiger partial charge in [-0.25, -0.2) is 0 Å². The van der Waals surface area contributed by atoms with Crippen LogP contribution in [0.5, 0.6) is 0 Å². The van der Waals surface area contributed by atoms with Crippen LogP contribution in [0.3, 0.4) is 0 Å². The molecule has 0 atom stereocenters. The van der Waals surface area contributed by atoms with E-state index in [-0.39, 0.29) is 43.0 Å². The highest BCUT2D eigenvalue weighted by molar-refractivity contribution is 5.85. The second-order valence-electron chi connectivity index (χ2n) is 19.0. The molecule has 0 spiro atoms. The number of esters is 4. The minimum Gasteiger partial charge on any atom is -0.481 e. The van der Waals surface area contributed by atoms with E-state index in [1.165, 1.54) is 12.8 Å². The molecule has 6 saturated carbocycles. The topological polar surface area (TPSA) is 232 Å². The second kappa shape index (κ2) is 19.5. The van der Waals surface area contributed by atoms with E-state index in [0.29, 0.717) is 25.7 Å². The monoisotopic (exact) mass is 794 g/mol. The molecule has 0 aromatic carbocycles. The fraction of sp³-hybridized carbons (Fsp3) is 0.857. The van der Waals surface area contributed by atoms with Gasteiger partial charge in [0, 0.05) is 0 Å². The number of ether oxygens (including phenoxy) is 4. The van der Waals surface area contributed by atoms with E-state index in [4.69, 9.17) is 40.6 Å². The largest absolute Gasteiger partial charge is 0.481 e. The molecule has 6 aliphatic carbocycles. The summed E-state index contributed by atoms with van der Waals surface area (Å²) < 4.78 is 21.4. The lowest BCUT2D eigenvalue weighted by Gasteiger charge is -2.39. The van der Waals surface area contributed by atoms with Crippen molar-refractivity contribution < 1.29 is 57.9 Å². The second-order valence-corrected chi connectivity index (χ2v) is 19.0. The third-order valence-electron chi connectivity index (χ3n) is 11.8. The van der Waals surface area contributed by atoms with Crippen LogP contribution in [0, 0.1) is 10.8 Å². The summed E-state index contributed by atoms with van der Waals surface area (Å²) in [5.74, 6) is -2.78. The summed E-state index contributed by atoms with van der Waals surface area (Å²) >= 11 is 0. The number of carbonyl (C=O) groups is 6. The predicted molar refractivity (Wildman–Crippen MR) is 207 cm³/mol. The summed E-state index contributed by atoms with van der Waals surface area (Å²) in [7, 11) is 0. The van der Waals surface area contributed by atoms with Gasteiger partial charge in [-0.3, -0.25) is 28.8 Å². The van der Waals surface area contributed by atoms with Crippen LogP contribution in [0.2, 0.25) is 0 Å². The van der Waals surface area contributed by atoms with Crippen molar-refractivity contribution in [2.24, 2.45) is 22.3 Å². The highest BCUT2D eigenvalue weighted by atomic mass is 16.6. The van der Waals surface area contributed by atoms with E-state index in [1.807, 2.05) is 20.8 Å². The Morgan fingerprint density at radius 3 is 1.09 bits per heavy atom. The minimum absolute atomic E-state index is 0.000394. The molecule has 6 aliphatic rings. The SMILES string of the molecule is CC(C)(C)OC(=O)CC1(C(=O)O)CCC1.CC(C)(C)OC(=O)CC1(C(=O)OC2CCCC2)CCC1.NC1(C(=O)O)CCC1.NC1(C(=O)OC2CCCC2)CCC1. The molecule has 0 aromatic rings. The Morgan fingerprint density at radius 2 is 0.839 bits per heavy atom. The summed E-state index contributed by atoms with van der Waals surface area (Å²) in [5, 5.41) is 17.4. The molecule has 0 radical (unpaired) electrons. The van der Waals surface area contributed by atoms with Gasteiger partial charge in [0.25, 0.3) is 0 Å². The predicted octanol–water partition coefficient (Wildman–Crippen LogP) is 6.65. The van der Waals surface area contributed by atoms with Gasteiger partial charge in [0.2, 0.25) is 0 Å². The lowest BCUT2D eigenvalue weighted by molar-refractivity contribution is -0.176. The summed E-state index contributed by atoms with van der Waals surface area (Å²) in [6.07, 6.45) is 18.5. The molecule has 14 nitrogen and oxygen atoms in total. The Balaban J connectivity index is 0.000000209. The maximum absolute atomic E-state index is 12.4. The Labute approximate surface area is 332 Å². The van der Waals surface area contributed by atoms with Crippen molar-refractivity contribution >= 4 is 35.8 Å². The first-order chi connectivity index (χ1) is 25.9. The van der Waals surface area contributed by atoms with Crippen molar-refractivity contribution in [3.8, 4) is 0 Å². The van der Waals surface area contributed by atoms with Gasteiger partial charge >= 0.3 is 35.8 Å². The number of rotatable bonds is 10. The fourth-order valence-corrected chi connectivity index (χ4v) is 7.53. The van der Waals surface area contributed by atoms with Gasteiger partial charge in [0.1, 0.15) is 34.5 Å². The normalized spacial score (nSPS) is 22.7. The molecule has 0 aromatic heterocycles. The fourth-order valence-electron chi connectivity index (χ4n) is 7.53. The van der Waals surface area contributed by atoms with E-state index in [0.717, 1.165) is 89.9 Å². The van der Waals surface area contributed by atoms with E-state index >= 15 is 0 Å². The number of hydrogen-bond donors (Lipinski definition) is 4. The molecular weight excluding hydrogens is 724 g/mol. The molecule has 6 fully saturated rings. The van der Waals surface area contributed by atoms with Crippen LogP contribution in [-0.2, 0) is 47.7 Å². The maximum atomic E-state index is 12.4. The Kier molecular flexibility index (Phi) is 16.4. The van der Waals surface area contributed by atoms with Crippen molar-refractivity contribution in [2.45, 2.75) is 217 Å². The zero-order valence-electron chi connectivity index (χ0n) is 34.8. The zero-order chi connectivity index (χ0) is 42.0. The van der Waals surface area contributed by atoms with Crippen molar-refractivity contribution in [2.75, 3.05) is 0 Å². The highest BCUT2D eigenvalue weighted by Crippen LogP contribution is 2.47. The quantitative estimate of drug-likeness (QED) is 0.134. The summed E-state index contributed by atoms with van der Waals surface area (Å²) in [4.78, 5) is 68.6. The van der Waals surface area contributed by atoms with E-state index < -0.39 is 51.0 Å². The molecule has 6 N–H and O–H groups in total. The van der Waals surface area contributed by atoms with Crippen LogP contribution in [0.1, 0.15) is 183 Å². The van der Waals surface area contributed by atoms with Gasteiger partial charge in [0.05, 0.1) is 23.7 Å². The van der Waals surface area contributed by atoms with Crippen molar-refractivity contribution in [3.05, 3.63) is 0 Å². The van der Waals surface area contributed by atoms with Gasteiger partial charge in [0.15, 0.2) is 0 Å². The standard InChI is InChI=1S/C16H26O4.C11H18O4.C10H17NO2.C5H9NO2/c1-15(2,3)20-13(17)11-16(9-6-10-16)14(18)19-12-7-4-5-8-12;1-10(2,3)15-8(12)7-11(9(13)14)5-4-6-11;11-10(6-3-7-10)9(12)13-8-4-1-2-5-8;6-5(4(7)8)2-1-3-5/h12H,4-11H2,1-3H3;4-7H2,1-3H3,(H,13,14);8H,1-7,11H2;1-3,6H2,(H,7,8). The number of carboxylic acids is 2. The smallest absolute Gasteiger partial charge is 0.326 e. The average Bonchev–Trinajstić information content (AvgIpc) is 3.72. The van der Waals surface area contributed by atoms with E-state index in [9.17, 15) is 28.8 Å². The van der Waals surface area contributed by atoms with Crippen LogP contribution in [0.4, 0.5) is 0 Å². The van der Waals surface area contributed by atoms with Gasteiger partial charge in [-0.2, -0.15) is 0 Å². The number of aliphatic carboxylic acids is 2. The molecule has 320 valence electrons. The van der Waals surface area contributed by atoms with E-state index in [1.54, 1.807) is 20.8 Å². The van der Waals surface area contributed by atoms with Gasteiger partial charge < -0.3 is 40.6 Å². The molecule has 0 unspecified atom stereocenters. The number of hydrogen-bond acceptors (Lipinski definition) is 12. The first-order valence-corrected chi connectivity index (χ1v) is 20.8. The third kappa shape index (κ3) is 14.0. The maximum Gasteiger partial charge on any atom is 0.326 e. The number of nitrogens with two attached hydrogens (primary N) is 2. The molecule has 6 rings (SSSR count). The van der Waals surface area contributed by atoms with Crippen LogP contribution in [0.15, 0.2) is 0 Å². The minimum atomic E-state index is -0.875. The van der Waals surface area contributed by atoms with Crippen molar-refractivity contribution in [1.29, 1.82) is 0 Å². The molecule has 56 heavy (non-hydrogen) atoms. The van der Waals surface area contributed by atoms with E-state index in [2.05, 4.69) is 0 Å². The lowest BCUT2D eigenvalue weighted by Crippen LogP contribution is -2.55. The van der Waals surface area contributed by atoms with Gasteiger partial charge in [-0.05, 0) is 157 Å². The molecular formula is C42H70N2O12. The van der Waals surface area contributed by atoms with Crippen LogP contribution < -0.4 is 11.5 Å². The number of carboxylic acid groups (broad SMARTS) is 2. The van der Waals surface area contributed by atoms with Crippen molar-refractivity contribution in [3.63, 3.8) is 0 Å². The van der Waals surface area contributed by atoms with Crippen LogP contribution in [0.25, 0.3) is 0 Å². The molecule has 0 amide bonds. The van der Waals surface area contributed by atoms with Gasteiger partial charge in [-0.1, -0.05) is 12.8 Å². The average molecular weight is 795 g/mol. The first-order valence-electron chi connectivity index (χ1n) is 20.8. The molecule has 14 heteroatoms. The third-order valence-corrected chi connectivity index (χ3v) is 11.8. The molecule has 0 aliphatic heterocycles. The van der Waals surface area contributed by atoms with Gasteiger partial charge in [-0.15, -0.1) is 0 Å².